The van der Waals surface area contributed by atoms with Crippen LogP contribution in [0.1, 0.15) is 174 Å². The van der Waals surface area contributed by atoms with Gasteiger partial charge in [0.25, 0.3) is 0 Å². The van der Waals surface area contributed by atoms with Crippen LogP contribution in [0.25, 0.3) is 0 Å². The third kappa shape index (κ3) is 24.7. The first-order chi connectivity index (χ1) is 23.8. The Kier molecular flexibility index (Phi) is 29.2. The molecular weight excluding hydrogens is 587 g/mol. The summed E-state index contributed by atoms with van der Waals surface area (Å²) in [6.07, 6.45) is 41.6. The summed E-state index contributed by atoms with van der Waals surface area (Å²) in [6, 6.07) is 11.0. The molecule has 3 heteroatoms. The fraction of sp³-hybridized carbons (Fsp3) is 0.778. The number of ether oxygens (including phenoxy) is 2. The number of hydrogen-bond donors (Lipinski definition) is 0. The van der Waals surface area contributed by atoms with Gasteiger partial charge in [-0.05, 0) is 69.8 Å². The zero-order valence-electron chi connectivity index (χ0n) is 32.0. The molecule has 1 unspecified atom stereocenters. The molecule has 0 saturated carbocycles. The van der Waals surface area contributed by atoms with E-state index in [9.17, 15) is 0 Å². The van der Waals surface area contributed by atoms with Crippen molar-refractivity contribution in [3.05, 3.63) is 60.2 Å². The van der Waals surface area contributed by atoms with Crippen LogP contribution in [0.5, 0.6) is 0 Å². The second-order valence-electron chi connectivity index (χ2n) is 14.8. The minimum Gasteiger partial charge on any atom is -0.381 e. The van der Waals surface area contributed by atoms with Crippen LogP contribution in [0.3, 0.4) is 0 Å². The van der Waals surface area contributed by atoms with Crippen molar-refractivity contribution >= 4 is 0 Å². The summed E-state index contributed by atoms with van der Waals surface area (Å²) >= 11 is 0. The van der Waals surface area contributed by atoms with E-state index in [1.165, 1.54) is 160 Å². The van der Waals surface area contributed by atoms with Crippen LogP contribution in [-0.2, 0) is 16.0 Å². The molecule has 0 N–H and O–H groups in total. The molecule has 1 fully saturated rings. The Balaban J connectivity index is 1.50. The van der Waals surface area contributed by atoms with Gasteiger partial charge in [0.1, 0.15) is 0 Å². The molecule has 0 aliphatic carbocycles. The summed E-state index contributed by atoms with van der Waals surface area (Å²) < 4.78 is 12.6. The first-order valence-electron chi connectivity index (χ1n) is 21.0. The molecule has 1 aromatic rings. The molecule has 3 nitrogen and oxygen atoms in total. The van der Waals surface area contributed by atoms with Gasteiger partial charge in [0.05, 0.1) is 13.2 Å². The highest BCUT2D eigenvalue weighted by atomic mass is 16.5. The van der Waals surface area contributed by atoms with Gasteiger partial charge in [0, 0.05) is 44.7 Å². The third-order valence-corrected chi connectivity index (χ3v) is 10.2. The Bertz CT molecular complexity index is 802. The van der Waals surface area contributed by atoms with Crippen molar-refractivity contribution in [2.75, 3.05) is 39.5 Å². The van der Waals surface area contributed by atoms with Gasteiger partial charge in [-0.25, -0.2) is 0 Å². The maximum atomic E-state index is 6.29. The summed E-state index contributed by atoms with van der Waals surface area (Å²) in [4.78, 5) is 2.63. The lowest BCUT2D eigenvalue weighted by Gasteiger charge is -2.18. The van der Waals surface area contributed by atoms with Gasteiger partial charge in [0.15, 0.2) is 0 Å². The monoisotopic (exact) mass is 666 g/mol. The van der Waals surface area contributed by atoms with Crippen molar-refractivity contribution in [3.63, 3.8) is 0 Å². The van der Waals surface area contributed by atoms with Crippen molar-refractivity contribution < 1.29 is 9.47 Å². The molecule has 2 atom stereocenters. The molecule has 0 radical (unpaired) electrons. The first-order valence-corrected chi connectivity index (χ1v) is 21.0. The lowest BCUT2D eigenvalue weighted by atomic mass is 9.98. The van der Waals surface area contributed by atoms with Crippen LogP contribution in [-0.4, -0.2) is 44.4 Å². The molecular formula is C45H79NO2. The van der Waals surface area contributed by atoms with Crippen LogP contribution in [0.2, 0.25) is 0 Å². The average molecular weight is 666 g/mol. The maximum absolute atomic E-state index is 6.29. The fourth-order valence-electron chi connectivity index (χ4n) is 7.05. The van der Waals surface area contributed by atoms with E-state index in [0.717, 1.165) is 46.1 Å². The van der Waals surface area contributed by atoms with E-state index in [-0.39, 0.29) is 0 Å². The fourth-order valence-corrected chi connectivity index (χ4v) is 7.05. The van der Waals surface area contributed by atoms with Crippen LogP contribution in [0, 0.1) is 11.8 Å². The Labute approximate surface area is 299 Å². The van der Waals surface area contributed by atoms with E-state index in [1.54, 1.807) is 0 Å². The number of nitrogens with zero attached hydrogens (tertiary/aromatic N) is 1. The van der Waals surface area contributed by atoms with E-state index in [2.05, 4.69) is 73.4 Å². The first kappa shape index (κ1) is 42.7. The van der Waals surface area contributed by atoms with Gasteiger partial charge < -0.3 is 9.47 Å². The molecule has 2 rings (SSSR count). The highest BCUT2D eigenvalue weighted by Crippen LogP contribution is 2.26. The molecule has 1 aliphatic rings. The van der Waals surface area contributed by atoms with Crippen molar-refractivity contribution in [2.24, 2.45) is 11.8 Å². The zero-order valence-corrected chi connectivity index (χ0v) is 32.0. The van der Waals surface area contributed by atoms with Gasteiger partial charge in [-0.3, -0.25) is 4.90 Å². The summed E-state index contributed by atoms with van der Waals surface area (Å²) in [6.45, 7) is 11.5. The summed E-state index contributed by atoms with van der Waals surface area (Å²) in [5.74, 6) is 1.16. The largest absolute Gasteiger partial charge is 0.381 e. The molecule has 1 heterocycles. The molecule has 1 aliphatic heterocycles. The number of rotatable bonds is 34. The quantitative estimate of drug-likeness (QED) is 0.0540. The van der Waals surface area contributed by atoms with Gasteiger partial charge in [-0.1, -0.05) is 158 Å². The van der Waals surface area contributed by atoms with Crippen molar-refractivity contribution in [3.8, 4) is 0 Å². The van der Waals surface area contributed by atoms with Gasteiger partial charge in [0.2, 0.25) is 0 Å². The van der Waals surface area contributed by atoms with E-state index >= 15 is 0 Å². The van der Waals surface area contributed by atoms with E-state index in [0.29, 0.717) is 11.8 Å². The molecule has 1 aromatic carbocycles. The van der Waals surface area contributed by atoms with E-state index in [4.69, 9.17) is 9.47 Å². The molecule has 276 valence electrons. The lowest BCUT2D eigenvalue weighted by molar-refractivity contribution is 0.0482. The van der Waals surface area contributed by atoms with Gasteiger partial charge in [-0.2, -0.15) is 0 Å². The Morgan fingerprint density at radius 1 is 0.500 bits per heavy atom. The smallest absolute Gasteiger partial charge is 0.0510 e. The summed E-state index contributed by atoms with van der Waals surface area (Å²) in [5.41, 5.74) is 1.41. The highest BCUT2D eigenvalue weighted by Gasteiger charge is 2.32. The molecule has 0 amide bonds. The predicted octanol–water partition coefficient (Wildman–Crippen LogP) is 13.3. The maximum Gasteiger partial charge on any atom is 0.0510 e. The van der Waals surface area contributed by atoms with E-state index in [1.807, 2.05) is 0 Å². The average Bonchev–Trinajstić information content (AvgIpc) is 3.48. The highest BCUT2D eigenvalue weighted by molar-refractivity contribution is 5.14. The molecule has 0 aromatic heterocycles. The Hall–Kier alpha value is -1.42. The standard InChI is InChI=1S/C45H79NO2/c1-3-5-7-9-11-13-15-17-19-21-23-25-27-32-36-47-41-44-39-46(38-43-34-30-29-31-35-43)40-45(44)42-48-37-33-28-26-24-22-20-18-16-14-12-10-8-6-4-2/h13-16,29-31,34-35,44-45H,3-12,17-28,32-33,36-42H2,1-2H3/t44-,45?/m0/s1. The topological polar surface area (TPSA) is 21.7 Å². The molecule has 48 heavy (non-hydrogen) atoms. The van der Waals surface area contributed by atoms with Crippen molar-refractivity contribution in [2.45, 2.75) is 174 Å². The summed E-state index contributed by atoms with van der Waals surface area (Å²) in [7, 11) is 0. The van der Waals surface area contributed by atoms with Crippen LogP contribution in [0.4, 0.5) is 0 Å². The number of likely N-dealkylation sites (tertiary alicyclic amines) is 1. The number of unbranched alkanes of at least 4 members (excludes halogenated alkanes) is 20. The molecule has 0 bridgehead atoms. The Morgan fingerprint density at radius 2 is 0.875 bits per heavy atom. The van der Waals surface area contributed by atoms with Crippen LogP contribution >= 0.6 is 0 Å². The van der Waals surface area contributed by atoms with Crippen LogP contribution < -0.4 is 0 Å². The zero-order chi connectivity index (χ0) is 34.0. The van der Waals surface area contributed by atoms with Crippen LogP contribution in [0.15, 0.2) is 54.6 Å². The normalized spacial score (nSPS) is 17.0. The number of hydrogen-bond acceptors (Lipinski definition) is 3. The molecule has 0 spiro atoms. The second-order valence-corrected chi connectivity index (χ2v) is 14.8. The Morgan fingerprint density at radius 3 is 1.29 bits per heavy atom. The minimum atomic E-state index is 0.582. The minimum absolute atomic E-state index is 0.582. The number of allylic oxidation sites excluding steroid dienone is 4. The van der Waals surface area contributed by atoms with Crippen molar-refractivity contribution in [1.29, 1.82) is 0 Å². The van der Waals surface area contributed by atoms with Gasteiger partial charge in [-0.15, -0.1) is 0 Å². The lowest BCUT2D eigenvalue weighted by Crippen LogP contribution is -2.23. The van der Waals surface area contributed by atoms with Crippen molar-refractivity contribution in [1.82, 2.24) is 4.90 Å². The predicted molar refractivity (Wildman–Crippen MR) is 211 cm³/mol. The summed E-state index contributed by atoms with van der Waals surface area (Å²) in [5, 5.41) is 0. The van der Waals surface area contributed by atoms with Gasteiger partial charge >= 0.3 is 0 Å². The SMILES string of the molecule is CCCCCCC=CCCCCCCCCOCC1CN(Cc2ccccc2)C[C@H]1COCCCCCCCCC=CCCCCCC. The van der Waals surface area contributed by atoms with E-state index < -0.39 is 0 Å². The third-order valence-electron chi connectivity index (χ3n) is 10.2. The number of benzene rings is 1. The molecule has 1 saturated heterocycles. The second kappa shape index (κ2) is 32.8.